The summed E-state index contributed by atoms with van der Waals surface area (Å²) in [6.45, 7) is 0. The van der Waals surface area contributed by atoms with Gasteiger partial charge in [-0.25, -0.2) is 9.97 Å². The van der Waals surface area contributed by atoms with Gasteiger partial charge in [0, 0.05) is 6.20 Å². The number of hydrogen-bond acceptors (Lipinski definition) is 4. The molecule has 2 rings (SSSR count). The summed E-state index contributed by atoms with van der Waals surface area (Å²) < 4.78 is 37.0. The van der Waals surface area contributed by atoms with Crippen LogP contribution in [0.1, 0.15) is 16.9 Å². The van der Waals surface area contributed by atoms with E-state index < -0.39 is 17.2 Å². The zero-order valence-electron chi connectivity index (χ0n) is 7.78. The van der Waals surface area contributed by atoms with Gasteiger partial charge in [0.25, 0.3) is 0 Å². The maximum absolute atomic E-state index is 12.3. The lowest BCUT2D eigenvalue weighted by atomic mass is 10.4. The van der Waals surface area contributed by atoms with Gasteiger partial charge in [-0.2, -0.15) is 13.2 Å². The molecule has 1 aliphatic rings. The maximum atomic E-state index is 12.3. The van der Waals surface area contributed by atoms with Crippen molar-refractivity contribution in [2.75, 3.05) is 5.75 Å². The lowest BCUT2D eigenvalue weighted by molar-refractivity contribution is -0.141. The van der Waals surface area contributed by atoms with Crippen LogP contribution in [0.5, 0.6) is 0 Å². The van der Waals surface area contributed by atoms with Gasteiger partial charge in [0.15, 0.2) is 5.82 Å². The van der Waals surface area contributed by atoms with Gasteiger partial charge in [-0.05, 0) is 6.07 Å². The predicted octanol–water partition coefficient (Wildman–Crippen LogP) is 1.36. The SMILES string of the molecule is O=C1CSC(c2nccc(C(F)(F)F)n2)N1. The highest BCUT2D eigenvalue weighted by atomic mass is 32.2. The Kier molecular flexibility index (Phi) is 2.75. The lowest BCUT2D eigenvalue weighted by Crippen LogP contribution is -2.21. The molecule has 1 saturated heterocycles. The molecule has 0 bridgehead atoms. The van der Waals surface area contributed by atoms with E-state index in [4.69, 9.17) is 0 Å². The van der Waals surface area contributed by atoms with Crippen molar-refractivity contribution in [3.8, 4) is 0 Å². The van der Waals surface area contributed by atoms with E-state index in [0.29, 0.717) is 0 Å². The molecule has 1 atom stereocenters. The summed E-state index contributed by atoms with van der Waals surface area (Å²) in [5.41, 5.74) is -1.00. The van der Waals surface area contributed by atoms with E-state index in [2.05, 4.69) is 15.3 Å². The van der Waals surface area contributed by atoms with Gasteiger partial charge in [-0.3, -0.25) is 4.79 Å². The largest absolute Gasteiger partial charge is 0.433 e. The zero-order chi connectivity index (χ0) is 11.8. The molecule has 1 aliphatic heterocycles. The van der Waals surface area contributed by atoms with Crippen molar-refractivity contribution < 1.29 is 18.0 Å². The second kappa shape index (κ2) is 3.93. The number of carbonyl (C=O) groups excluding carboxylic acids is 1. The van der Waals surface area contributed by atoms with Gasteiger partial charge in [0.1, 0.15) is 11.1 Å². The molecule has 2 heterocycles. The number of halogens is 3. The molecule has 0 saturated carbocycles. The Hall–Kier alpha value is -1.31. The van der Waals surface area contributed by atoms with Gasteiger partial charge in [0.2, 0.25) is 5.91 Å². The smallest absolute Gasteiger partial charge is 0.337 e. The molecule has 16 heavy (non-hydrogen) atoms. The van der Waals surface area contributed by atoms with E-state index in [1.165, 1.54) is 11.8 Å². The van der Waals surface area contributed by atoms with Crippen molar-refractivity contribution in [2.24, 2.45) is 0 Å². The van der Waals surface area contributed by atoms with Crippen LogP contribution in [0.4, 0.5) is 13.2 Å². The average Bonchev–Trinajstić information content (AvgIpc) is 2.64. The molecular formula is C8H6F3N3OS. The topological polar surface area (TPSA) is 54.9 Å². The number of nitrogens with one attached hydrogen (secondary N) is 1. The number of aromatic nitrogens is 2. The van der Waals surface area contributed by atoms with E-state index in [1.54, 1.807) is 0 Å². The van der Waals surface area contributed by atoms with Crippen LogP contribution < -0.4 is 5.32 Å². The quantitative estimate of drug-likeness (QED) is 0.816. The fraction of sp³-hybridized carbons (Fsp3) is 0.375. The Labute approximate surface area is 92.7 Å². The average molecular weight is 249 g/mol. The van der Waals surface area contributed by atoms with Crippen LogP contribution in [0, 0.1) is 0 Å². The molecule has 1 N–H and O–H groups in total. The Morgan fingerprint density at radius 2 is 2.25 bits per heavy atom. The second-order valence-electron chi connectivity index (χ2n) is 3.06. The maximum Gasteiger partial charge on any atom is 0.433 e. The number of thioether (sulfide) groups is 1. The van der Waals surface area contributed by atoms with Crippen LogP contribution in [0.25, 0.3) is 0 Å². The van der Waals surface area contributed by atoms with Crippen LogP contribution in [0.15, 0.2) is 12.3 Å². The Balaban J connectivity index is 2.26. The van der Waals surface area contributed by atoms with Gasteiger partial charge < -0.3 is 5.32 Å². The molecule has 86 valence electrons. The van der Waals surface area contributed by atoms with E-state index >= 15 is 0 Å². The number of nitrogens with zero attached hydrogens (tertiary/aromatic N) is 2. The second-order valence-corrected chi connectivity index (χ2v) is 4.15. The number of amides is 1. The first-order valence-corrected chi connectivity index (χ1v) is 5.33. The third-order valence-corrected chi connectivity index (χ3v) is 2.96. The summed E-state index contributed by atoms with van der Waals surface area (Å²) in [6.07, 6.45) is -3.46. The van der Waals surface area contributed by atoms with Crippen molar-refractivity contribution in [1.82, 2.24) is 15.3 Å². The molecule has 0 aliphatic carbocycles. The highest BCUT2D eigenvalue weighted by molar-refractivity contribution is 8.00. The van der Waals surface area contributed by atoms with Gasteiger partial charge in [0.05, 0.1) is 5.75 Å². The third kappa shape index (κ3) is 2.26. The number of hydrogen-bond donors (Lipinski definition) is 1. The zero-order valence-corrected chi connectivity index (χ0v) is 8.60. The molecule has 1 fully saturated rings. The third-order valence-electron chi connectivity index (χ3n) is 1.87. The minimum absolute atomic E-state index is 0.0225. The summed E-state index contributed by atoms with van der Waals surface area (Å²) >= 11 is 1.17. The minimum atomic E-state index is -4.50. The monoisotopic (exact) mass is 249 g/mol. The van der Waals surface area contributed by atoms with Gasteiger partial charge in [-0.1, -0.05) is 0 Å². The molecule has 1 amide bonds. The summed E-state index contributed by atoms with van der Waals surface area (Å²) in [7, 11) is 0. The summed E-state index contributed by atoms with van der Waals surface area (Å²) in [5.74, 6) is -0.0359. The first-order valence-electron chi connectivity index (χ1n) is 4.28. The molecule has 1 aromatic heterocycles. The minimum Gasteiger partial charge on any atom is -0.337 e. The summed E-state index contributed by atoms with van der Waals surface area (Å²) in [5, 5.41) is 1.89. The fourth-order valence-electron chi connectivity index (χ4n) is 1.19. The highest BCUT2D eigenvalue weighted by Crippen LogP contribution is 2.31. The Morgan fingerprint density at radius 1 is 1.50 bits per heavy atom. The summed E-state index contributed by atoms with van der Waals surface area (Å²) in [6, 6.07) is 0.797. The first kappa shape index (κ1) is 11.2. The van der Waals surface area contributed by atoms with E-state index in [-0.39, 0.29) is 17.5 Å². The van der Waals surface area contributed by atoms with Crippen molar-refractivity contribution in [2.45, 2.75) is 11.6 Å². The molecule has 1 unspecified atom stereocenters. The van der Waals surface area contributed by atoms with E-state index in [1.807, 2.05) is 0 Å². The van der Waals surface area contributed by atoms with Crippen LogP contribution in [0.2, 0.25) is 0 Å². The standard InChI is InChI=1S/C8H6F3N3OS/c9-8(10,11)4-1-2-12-6(13-4)7-14-5(15)3-16-7/h1-2,7H,3H2,(H,14,15). The molecule has 4 nitrogen and oxygen atoms in total. The van der Waals surface area contributed by atoms with Gasteiger partial charge in [-0.15, -0.1) is 11.8 Å². The molecule has 0 aromatic carbocycles. The first-order chi connectivity index (χ1) is 7.47. The molecule has 8 heteroatoms. The number of carbonyl (C=O) groups is 1. The van der Waals surface area contributed by atoms with E-state index in [0.717, 1.165) is 12.3 Å². The van der Waals surface area contributed by atoms with Crippen LogP contribution in [-0.4, -0.2) is 21.6 Å². The van der Waals surface area contributed by atoms with Crippen molar-refractivity contribution in [3.63, 3.8) is 0 Å². The van der Waals surface area contributed by atoms with Gasteiger partial charge >= 0.3 is 6.18 Å². The fourth-order valence-corrected chi connectivity index (χ4v) is 2.06. The summed E-state index contributed by atoms with van der Waals surface area (Å²) in [4.78, 5) is 18.0. The Bertz CT molecular complexity index is 423. The van der Waals surface area contributed by atoms with Crippen molar-refractivity contribution in [1.29, 1.82) is 0 Å². The highest BCUT2D eigenvalue weighted by Gasteiger charge is 2.34. The van der Waals surface area contributed by atoms with Crippen LogP contribution in [0.3, 0.4) is 0 Å². The molecule has 0 radical (unpaired) electrons. The lowest BCUT2D eigenvalue weighted by Gasteiger charge is -2.10. The predicted molar refractivity (Wildman–Crippen MR) is 50.4 cm³/mol. The Morgan fingerprint density at radius 3 is 2.81 bits per heavy atom. The van der Waals surface area contributed by atoms with E-state index in [9.17, 15) is 18.0 Å². The van der Waals surface area contributed by atoms with Crippen molar-refractivity contribution in [3.05, 3.63) is 23.8 Å². The molecule has 1 aromatic rings. The van der Waals surface area contributed by atoms with Crippen molar-refractivity contribution >= 4 is 17.7 Å². The molecule has 0 spiro atoms. The molecular weight excluding hydrogens is 243 g/mol. The van der Waals surface area contributed by atoms with Crippen LogP contribution in [-0.2, 0) is 11.0 Å². The normalized spacial score (nSPS) is 20.9. The van der Waals surface area contributed by atoms with Crippen LogP contribution >= 0.6 is 11.8 Å². The number of rotatable bonds is 1. The number of alkyl halides is 3.